The topological polar surface area (TPSA) is 43.1 Å². The van der Waals surface area contributed by atoms with Gasteiger partial charge in [0.05, 0.1) is 0 Å². The lowest BCUT2D eigenvalue weighted by molar-refractivity contribution is 0.363. The van der Waals surface area contributed by atoms with Crippen molar-refractivity contribution in [3.63, 3.8) is 0 Å². The molecule has 2 fully saturated rings. The summed E-state index contributed by atoms with van der Waals surface area (Å²) in [6, 6.07) is 0.203. The molecule has 3 heteroatoms. The van der Waals surface area contributed by atoms with Gasteiger partial charge in [-0.15, -0.1) is 0 Å². The van der Waals surface area contributed by atoms with Gasteiger partial charge in [-0.05, 0) is 50.4 Å². The first-order chi connectivity index (χ1) is 7.15. The number of fused-ring (bicyclic) bond motifs is 2. The molecule has 0 aromatic rings. The van der Waals surface area contributed by atoms with Gasteiger partial charge in [0.25, 0.3) is 0 Å². The fraction of sp³-hybridized carbons (Fsp3) is 1.00. The molecule has 0 spiro atoms. The van der Waals surface area contributed by atoms with Crippen molar-refractivity contribution in [2.45, 2.75) is 45.1 Å². The van der Waals surface area contributed by atoms with Crippen molar-refractivity contribution in [2.75, 3.05) is 11.5 Å². The molecule has 88 valence electrons. The predicted molar refractivity (Wildman–Crippen MR) is 65.1 cm³/mol. The van der Waals surface area contributed by atoms with E-state index in [-0.39, 0.29) is 6.04 Å². The van der Waals surface area contributed by atoms with E-state index in [9.17, 15) is 4.21 Å². The Bertz CT molecular complexity index is 242. The molecule has 2 N–H and O–H groups in total. The predicted octanol–water partition coefficient (Wildman–Crippen LogP) is 1.91. The average molecular weight is 229 g/mol. The number of nitrogens with two attached hydrogens (primary N) is 1. The van der Waals surface area contributed by atoms with Crippen LogP contribution in [0.15, 0.2) is 0 Å². The maximum absolute atomic E-state index is 11.8. The van der Waals surface area contributed by atoms with Crippen molar-refractivity contribution in [2.24, 2.45) is 23.5 Å². The molecule has 15 heavy (non-hydrogen) atoms. The van der Waals surface area contributed by atoms with E-state index in [0.717, 1.165) is 35.7 Å². The molecule has 0 radical (unpaired) electrons. The van der Waals surface area contributed by atoms with Crippen LogP contribution >= 0.6 is 0 Å². The molecular formula is C12H23NOS. The van der Waals surface area contributed by atoms with Crippen LogP contribution < -0.4 is 5.73 Å². The fourth-order valence-electron chi connectivity index (χ4n) is 3.22. The highest BCUT2D eigenvalue weighted by Gasteiger charge is 2.39. The van der Waals surface area contributed by atoms with E-state index in [1.54, 1.807) is 0 Å². The lowest BCUT2D eigenvalue weighted by atomic mass is 9.90. The Hall–Kier alpha value is 0.110. The number of hydrogen-bond acceptors (Lipinski definition) is 2. The summed E-state index contributed by atoms with van der Waals surface area (Å²) in [6.45, 7) is 1.99. The van der Waals surface area contributed by atoms with Crippen molar-refractivity contribution in [3.8, 4) is 0 Å². The van der Waals surface area contributed by atoms with Gasteiger partial charge in [0.15, 0.2) is 0 Å². The van der Waals surface area contributed by atoms with Gasteiger partial charge >= 0.3 is 0 Å². The molecule has 0 aliphatic heterocycles. The zero-order valence-electron chi connectivity index (χ0n) is 9.65. The van der Waals surface area contributed by atoms with Crippen LogP contribution in [0.2, 0.25) is 0 Å². The Balaban J connectivity index is 1.71. The summed E-state index contributed by atoms with van der Waals surface area (Å²) >= 11 is 0. The quantitative estimate of drug-likeness (QED) is 0.782. The van der Waals surface area contributed by atoms with Crippen LogP contribution in [-0.4, -0.2) is 21.8 Å². The highest BCUT2D eigenvalue weighted by molar-refractivity contribution is 7.84. The molecule has 2 aliphatic carbocycles. The molecule has 2 aliphatic rings. The molecule has 5 unspecified atom stereocenters. The van der Waals surface area contributed by atoms with Crippen LogP contribution in [0.4, 0.5) is 0 Å². The summed E-state index contributed by atoms with van der Waals surface area (Å²) in [7, 11) is -0.612. The molecule has 2 rings (SSSR count). The molecule has 5 atom stereocenters. The van der Waals surface area contributed by atoms with Crippen molar-refractivity contribution < 1.29 is 4.21 Å². The van der Waals surface area contributed by atoms with Gasteiger partial charge in [0.2, 0.25) is 0 Å². The third-order valence-electron chi connectivity index (χ3n) is 4.09. The maximum atomic E-state index is 11.8. The largest absolute Gasteiger partial charge is 0.328 e. The second kappa shape index (κ2) is 4.96. The SMILES string of the molecule is CC(N)CCS(=O)CC1CC2CCC1C2. The molecule has 0 aromatic heterocycles. The van der Waals surface area contributed by atoms with Crippen molar-refractivity contribution in [1.82, 2.24) is 0 Å². The Labute approximate surface area is 95.5 Å². The van der Waals surface area contributed by atoms with E-state index in [1.165, 1.54) is 25.7 Å². The molecule has 0 amide bonds. The Morgan fingerprint density at radius 1 is 1.40 bits per heavy atom. The van der Waals surface area contributed by atoms with E-state index in [4.69, 9.17) is 5.73 Å². The van der Waals surface area contributed by atoms with Crippen LogP contribution in [0.25, 0.3) is 0 Å². The van der Waals surface area contributed by atoms with E-state index in [2.05, 4.69) is 0 Å². The monoisotopic (exact) mass is 229 g/mol. The Morgan fingerprint density at radius 2 is 2.20 bits per heavy atom. The van der Waals surface area contributed by atoms with Crippen LogP contribution in [0.3, 0.4) is 0 Å². The van der Waals surface area contributed by atoms with E-state index in [1.807, 2.05) is 6.92 Å². The van der Waals surface area contributed by atoms with E-state index in [0.29, 0.717) is 0 Å². The van der Waals surface area contributed by atoms with Crippen LogP contribution in [-0.2, 0) is 10.8 Å². The second-order valence-electron chi connectivity index (χ2n) is 5.51. The van der Waals surface area contributed by atoms with Gasteiger partial charge < -0.3 is 5.73 Å². The van der Waals surface area contributed by atoms with Gasteiger partial charge in [0, 0.05) is 28.3 Å². The summed E-state index contributed by atoms with van der Waals surface area (Å²) in [4.78, 5) is 0. The first-order valence-electron chi connectivity index (χ1n) is 6.25. The molecule has 2 bridgehead atoms. The van der Waals surface area contributed by atoms with Crippen LogP contribution in [0.1, 0.15) is 39.0 Å². The first-order valence-corrected chi connectivity index (χ1v) is 7.74. The summed E-state index contributed by atoms with van der Waals surface area (Å²) in [5, 5.41) is 0. The van der Waals surface area contributed by atoms with E-state index >= 15 is 0 Å². The lowest BCUT2D eigenvalue weighted by Gasteiger charge is -2.21. The van der Waals surface area contributed by atoms with Gasteiger partial charge in [-0.1, -0.05) is 6.42 Å². The molecule has 0 heterocycles. The number of rotatable bonds is 5. The number of hydrogen-bond donors (Lipinski definition) is 1. The highest BCUT2D eigenvalue weighted by atomic mass is 32.2. The molecule has 2 saturated carbocycles. The molecule has 0 saturated heterocycles. The highest BCUT2D eigenvalue weighted by Crippen LogP contribution is 2.48. The van der Waals surface area contributed by atoms with Gasteiger partial charge in [-0.2, -0.15) is 0 Å². The first kappa shape index (κ1) is 11.6. The van der Waals surface area contributed by atoms with Crippen molar-refractivity contribution in [3.05, 3.63) is 0 Å². The zero-order valence-corrected chi connectivity index (χ0v) is 10.5. The third-order valence-corrected chi connectivity index (χ3v) is 5.58. The van der Waals surface area contributed by atoms with Gasteiger partial charge in [-0.3, -0.25) is 4.21 Å². The Morgan fingerprint density at radius 3 is 2.73 bits per heavy atom. The van der Waals surface area contributed by atoms with Crippen LogP contribution in [0.5, 0.6) is 0 Å². The second-order valence-corrected chi connectivity index (χ2v) is 7.13. The standard InChI is InChI=1S/C12H23NOS/c1-9(13)4-5-15(14)8-12-7-10-2-3-11(12)6-10/h9-12H,2-8,13H2,1H3. The summed E-state index contributed by atoms with van der Waals surface area (Å²) < 4.78 is 11.8. The zero-order chi connectivity index (χ0) is 10.8. The Kier molecular flexibility index (Phi) is 3.83. The minimum absolute atomic E-state index is 0.203. The lowest BCUT2D eigenvalue weighted by Crippen LogP contribution is -2.22. The maximum Gasteiger partial charge on any atom is 0.0265 e. The molecule has 2 nitrogen and oxygen atoms in total. The van der Waals surface area contributed by atoms with Gasteiger partial charge in [-0.25, -0.2) is 0 Å². The summed E-state index contributed by atoms with van der Waals surface area (Å²) in [5.74, 6) is 4.43. The smallest absolute Gasteiger partial charge is 0.0265 e. The summed E-state index contributed by atoms with van der Waals surface area (Å²) in [6.07, 6.45) is 6.53. The van der Waals surface area contributed by atoms with Crippen molar-refractivity contribution in [1.29, 1.82) is 0 Å². The molecular weight excluding hydrogens is 206 g/mol. The van der Waals surface area contributed by atoms with Crippen LogP contribution in [0, 0.1) is 17.8 Å². The fourth-order valence-corrected chi connectivity index (χ4v) is 4.91. The third kappa shape index (κ3) is 3.04. The normalized spacial score (nSPS) is 38.1. The minimum atomic E-state index is -0.612. The van der Waals surface area contributed by atoms with Crippen molar-refractivity contribution >= 4 is 10.8 Å². The summed E-state index contributed by atoms with van der Waals surface area (Å²) in [5.41, 5.74) is 5.67. The average Bonchev–Trinajstić information content (AvgIpc) is 2.76. The molecule has 0 aromatic carbocycles. The minimum Gasteiger partial charge on any atom is -0.328 e. The van der Waals surface area contributed by atoms with E-state index < -0.39 is 10.8 Å². The van der Waals surface area contributed by atoms with Gasteiger partial charge in [0.1, 0.15) is 0 Å².